The zero-order valence-corrected chi connectivity index (χ0v) is 15.3. The zero-order chi connectivity index (χ0) is 17.7. The maximum absolute atomic E-state index is 12.4. The molecule has 0 unspecified atom stereocenters. The van der Waals surface area contributed by atoms with Crippen LogP contribution in [0.1, 0.15) is 34.8 Å². The van der Waals surface area contributed by atoms with Gasteiger partial charge in [0.15, 0.2) is 0 Å². The highest BCUT2D eigenvalue weighted by atomic mass is 35.5. The third kappa shape index (κ3) is 3.12. The summed E-state index contributed by atoms with van der Waals surface area (Å²) < 4.78 is 2.04. The molecule has 7 heteroatoms. The first-order chi connectivity index (χ1) is 12.7. The number of carbonyl (C=O) groups excluding carboxylic acids is 1. The van der Waals surface area contributed by atoms with Gasteiger partial charge in [-0.3, -0.25) is 9.69 Å². The smallest absolute Gasteiger partial charge is 0.289 e. The number of fused-ring (bicyclic) bond motifs is 2. The Morgan fingerprint density at radius 1 is 1.19 bits per heavy atom. The number of halogens is 1. The van der Waals surface area contributed by atoms with Crippen molar-refractivity contribution in [1.29, 1.82) is 0 Å². The Morgan fingerprint density at radius 3 is 2.85 bits per heavy atom. The second kappa shape index (κ2) is 6.35. The molecule has 3 aliphatic rings. The molecule has 1 aliphatic carbocycles. The maximum Gasteiger partial charge on any atom is 0.289 e. The third-order valence-corrected chi connectivity index (χ3v) is 5.99. The Bertz CT molecular complexity index is 846. The molecule has 1 aromatic heterocycles. The average Bonchev–Trinajstić information content (AvgIpc) is 3.19. The lowest BCUT2D eigenvalue weighted by Crippen LogP contribution is -2.33. The fraction of sp³-hybridized carbons (Fsp3) is 0.526. The summed E-state index contributed by atoms with van der Waals surface area (Å²) in [6, 6.07) is 8.43. The minimum Gasteiger partial charge on any atom is -0.347 e. The highest BCUT2D eigenvalue weighted by Crippen LogP contribution is 2.33. The first kappa shape index (κ1) is 16.3. The third-order valence-electron chi connectivity index (χ3n) is 5.75. The monoisotopic (exact) mass is 371 g/mol. The van der Waals surface area contributed by atoms with Gasteiger partial charge in [-0.25, -0.2) is 0 Å². The molecule has 2 fully saturated rings. The van der Waals surface area contributed by atoms with Crippen LogP contribution in [-0.4, -0.2) is 44.7 Å². The van der Waals surface area contributed by atoms with Crippen LogP contribution < -0.4 is 5.32 Å². The molecule has 2 aliphatic heterocycles. The van der Waals surface area contributed by atoms with Gasteiger partial charge in [-0.1, -0.05) is 23.7 Å². The van der Waals surface area contributed by atoms with Gasteiger partial charge in [0, 0.05) is 43.7 Å². The molecule has 1 amide bonds. The van der Waals surface area contributed by atoms with E-state index in [0.717, 1.165) is 56.3 Å². The summed E-state index contributed by atoms with van der Waals surface area (Å²) in [6.45, 7) is 3.86. The number of hydrogen-bond donors (Lipinski definition) is 1. The molecular formula is C19H22ClN5O. The standard InChI is InChI=1S/C19H22ClN5O/c20-15-3-1-2-12(6-15)8-24-9-13-7-17-22-23-18(19(26)21-16-4-5-16)25(17)11-14(13)10-24/h1-3,6,13-14,16H,4-5,7-11H2,(H,21,26)/t13-,14-/m0/s1. The molecule has 5 rings (SSSR count). The largest absolute Gasteiger partial charge is 0.347 e. The molecular weight excluding hydrogens is 350 g/mol. The van der Waals surface area contributed by atoms with Crippen LogP contribution >= 0.6 is 11.6 Å². The Balaban J connectivity index is 1.28. The second-order valence-corrected chi connectivity index (χ2v) is 8.28. The first-order valence-corrected chi connectivity index (χ1v) is 9.73. The minimum atomic E-state index is -0.0709. The van der Waals surface area contributed by atoms with E-state index in [9.17, 15) is 4.79 Å². The predicted molar refractivity (Wildman–Crippen MR) is 97.9 cm³/mol. The van der Waals surface area contributed by atoms with Crippen LogP contribution in [0.4, 0.5) is 0 Å². The highest BCUT2D eigenvalue weighted by Gasteiger charge is 2.39. The number of carbonyl (C=O) groups is 1. The van der Waals surface area contributed by atoms with E-state index in [2.05, 4.69) is 26.5 Å². The molecule has 26 heavy (non-hydrogen) atoms. The molecule has 1 N–H and O–H groups in total. The van der Waals surface area contributed by atoms with E-state index < -0.39 is 0 Å². The lowest BCUT2D eigenvalue weighted by molar-refractivity contribution is 0.0932. The summed E-state index contributed by atoms with van der Waals surface area (Å²) in [7, 11) is 0. The van der Waals surface area contributed by atoms with Crippen molar-refractivity contribution < 1.29 is 4.79 Å². The van der Waals surface area contributed by atoms with E-state index in [1.807, 2.05) is 22.8 Å². The average molecular weight is 372 g/mol. The van der Waals surface area contributed by atoms with Crippen molar-refractivity contribution in [3.8, 4) is 0 Å². The highest BCUT2D eigenvalue weighted by molar-refractivity contribution is 6.30. The molecule has 0 radical (unpaired) electrons. The van der Waals surface area contributed by atoms with E-state index in [0.29, 0.717) is 23.7 Å². The summed E-state index contributed by atoms with van der Waals surface area (Å²) in [5.74, 6) is 2.50. The zero-order valence-electron chi connectivity index (χ0n) is 14.6. The van der Waals surface area contributed by atoms with Crippen LogP contribution in [0.25, 0.3) is 0 Å². The van der Waals surface area contributed by atoms with Crippen molar-refractivity contribution in [1.82, 2.24) is 25.0 Å². The molecule has 1 saturated carbocycles. The Morgan fingerprint density at radius 2 is 2.04 bits per heavy atom. The number of benzene rings is 1. The van der Waals surface area contributed by atoms with Crippen LogP contribution in [0.15, 0.2) is 24.3 Å². The lowest BCUT2D eigenvalue weighted by atomic mass is 9.89. The molecule has 1 aromatic carbocycles. The van der Waals surface area contributed by atoms with Gasteiger partial charge in [0.25, 0.3) is 5.91 Å². The number of aromatic nitrogens is 3. The second-order valence-electron chi connectivity index (χ2n) is 7.85. The Hall–Kier alpha value is -1.92. The van der Waals surface area contributed by atoms with E-state index in [1.165, 1.54) is 5.56 Å². The van der Waals surface area contributed by atoms with Gasteiger partial charge in [0.1, 0.15) is 5.82 Å². The fourth-order valence-corrected chi connectivity index (χ4v) is 4.50. The van der Waals surface area contributed by atoms with Gasteiger partial charge in [0.2, 0.25) is 5.82 Å². The summed E-state index contributed by atoms with van der Waals surface area (Å²) in [4.78, 5) is 14.9. The number of nitrogens with zero attached hydrogens (tertiary/aromatic N) is 4. The summed E-state index contributed by atoms with van der Waals surface area (Å²) in [5, 5.41) is 12.3. The summed E-state index contributed by atoms with van der Waals surface area (Å²) in [6.07, 6.45) is 3.06. The Kier molecular flexibility index (Phi) is 3.98. The molecule has 6 nitrogen and oxygen atoms in total. The number of nitrogens with one attached hydrogen (secondary N) is 1. The van der Waals surface area contributed by atoms with Crippen molar-refractivity contribution in [2.45, 2.75) is 38.4 Å². The van der Waals surface area contributed by atoms with E-state index in [1.54, 1.807) is 0 Å². The Labute approximate surface area is 157 Å². The lowest BCUT2D eigenvalue weighted by Gasteiger charge is -2.25. The molecule has 136 valence electrons. The van der Waals surface area contributed by atoms with Crippen LogP contribution in [-0.2, 0) is 19.5 Å². The van der Waals surface area contributed by atoms with Crippen molar-refractivity contribution in [3.05, 3.63) is 46.5 Å². The predicted octanol–water partition coefficient (Wildman–Crippen LogP) is 2.13. The molecule has 0 bridgehead atoms. The maximum atomic E-state index is 12.4. The first-order valence-electron chi connectivity index (χ1n) is 9.35. The minimum absolute atomic E-state index is 0.0709. The number of likely N-dealkylation sites (tertiary alicyclic amines) is 1. The van der Waals surface area contributed by atoms with E-state index in [4.69, 9.17) is 11.6 Å². The quantitative estimate of drug-likeness (QED) is 0.894. The van der Waals surface area contributed by atoms with Gasteiger partial charge >= 0.3 is 0 Å². The van der Waals surface area contributed by atoms with Crippen LogP contribution in [0, 0.1) is 11.8 Å². The van der Waals surface area contributed by atoms with Gasteiger partial charge in [0.05, 0.1) is 0 Å². The number of rotatable bonds is 4. The molecule has 1 saturated heterocycles. The topological polar surface area (TPSA) is 63.1 Å². The van der Waals surface area contributed by atoms with Gasteiger partial charge in [-0.2, -0.15) is 0 Å². The van der Waals surface area contributed by atoms with Crippen molar-refractivity contribution in [2.24, 2.45) is 11.8 Å². The van der Waals surface area contributed by atoms with E-state index in [-0.39, 0.29) is 5.91 Å². The number of amides is 1. The summed E-state index contributed by atoms with van der Waals surface area (Å²) >= 11 is 6.11. The van der Waals surface area contributed by atoms with E-state index >= 15 is 0 Å². The molecule has 2 atom stereocenters. The van der Waals surface area contributed by atoms with Gasteiger partial charge in [-0.05, 0) is 42.4 Å². The van der Waals surface area contributed by atoms with Crippen LogP contribution in [0.2, 0.25) is 5.02 Å². The molecule has 0 spiro atoms. The van der Waals surface area contributed by atoms with Crippen molar-refractivity contribution in [3.63, 3.8) is 0 Å². The van der Waals surface area contributed by atoms with Gasteiger partial charge < -0.3 is 9.88 Å². The van der Waals surface area contributed by atoms with Gasteiger partial charge in [-0.15, -0.1) is 10.2 Å². The summed E-state index contributed by atoms with van der Waals surface area (Å²) in [5.41, 5.74) is 1.25. The SMILES string of the molecule is O=C(NC1CC1)c1nnc2n1C[C@@H]1CN(Cc3cccc(Cl)c3)C[C@@H]1C2. The van der Waals surface area contributed by atoms with Crippen molar-refractivity contribution >= 4 is 17.5 Å². The molecule has 2 aromatic rings. The fourth-order valence-electron chi connectivity index (χ4n) is 4.29. The normalized spacial score (nSPS) is 25.0. The van der Waals surface area contributed by atoms with Crippen LogP contribution in [0.5, 0.6) is 0 Å². The number of hydrogen-bond acceptors (Lipinski definition) is 4. The molecule has 3 heterocycles. The van der Waals surface area contributed by atoms with Crippen molar-refractivity contribution in [2.75, 3.05) is 13.1 Å². The van der Waals surface area contributed by atoms with Crippen LogP contribution in [0.3, 0.4) is 0 Å².